The van der Waals surface area contributed by atoms with Gasteiger partial charge in [0, 0.05) is 10.4 Å². The predicted octanol–water partition coefficient (Wildman–Crippen LogP) is 4.92. The maximum absolute atomic E-state index is 13.6. The van der Waals surface area contributed by atoms with E-state index in [1.807, 2.05) is 17.5 Å². The number of benzene rings is 1. The van der Waals surface area contributed by atoms with Gasteiger partial charge in [-0.3, -0.25) is 4.79 Å². The van der Waals surface area contributed by atoms with Gasteiger partial charge in [-0.25, -0.2) is 9.37 Å². The van der Waals surface area contributed by atoms with Gasteiger partial charge in [-0.15, -0.1) is 22.7 Å². The van der Waals surface area contributed by atoms with Gasteiger partial charge < -0.3 is 5.32 Å². The van der Waals surface area contributed by atoms with Crippen molar-refractivity contribution in [3.05, 3.63) is 57.6 Å². The van der Waals surface area contributed by atoms with E-state index in [1.165, 1.54) is 29.5 Å². The summed E-state index contributed by atoms with van der Waals surface area (Å²) in [6.45, 7) is 0. The molecule has 106 valence electrons. The van der Waals surface area contributed by atoms with Gasteiger partial charge in [0.2, 0.25) is 0 Å². The molecule has 1 N–H and O–H groups in total. The summed E-state index contributed by atoms with van der Waals surface area (Å²) >= 11 is 8.71. The Kier molecular flexibility index (Phi) is 4.01. The van der Waals surface area contributed by atoms with Crippen molar-refractivity contribution in [2.75, 3.05) is 5.32 Å². The highest BCUT2D eigenvalue weighted by molar-refractivity contribution is 7.20. The molecule has 0 aliphatic rings. The number of carbonyl (C=O) groups excluding carboxylic acids is 1. The molecule has 3 rings (SSSR count). The summed E-state index contributed by atoms with van der Waals surface area (Å²) in [5, 5.41) is 7.18. The standard InChI is InChI=1S/C14H8ClFN2OS2/c15-8-3-4-9(16)10(6-8)17-13(19)11-7-21-14(18-11)12-2-1-5-20-12/h1-7H,(H,17,19). The summed E-state index contributed by atoms with van der Waals surface area (Å²) < 4.78 is 13.6. The molecule has 0 aliphatic heterocycles. The van der Waals surface area contributed by atoms with Crippen molar-refractivity contribution in [3.8, 4) is 9.88 Å². The molecule has 0 aliphatic carbocycles. The largest absolute Gasteiger partial charge is 0.318 e. The van der Waals surface area contributed by atoms with Crippen molar-refractivity contribution in [3.63, 3.8) is 0 Å². The van der Waals surface area contributed by atoms with E-state index in [4.69, 9.17) is 11.6 Å². The molecule has 21 heavy (non-hydrogen) atoms. The number of rotatable bonds is 3. The smallest absolute Gasteiger partial charge is 0.275 e. The minimum atomic E-state index is -0.540. The van der Waals surface area contributed by atoms with Crippen LogP contribution in [0.5, 0.6) is 0 Å². The Morgan fingerprint density at radius 3 is 2.90 bits per heavy atom. The van der Waals surface area contributed by atoms with E-state index in [2.05, 4.69) is 10.3 Å². The molecule has 0 radical (unpaired) electrons. The number of anilines is 1. The lowest BCUT2D eigenvalue weighted by Gasteiger charge is -2.04. The van der Waals surface area contributed by atoms with E-state index >= 15 is 0 Å². The van der Waals surface area contributed by atoms with Gasteiger partial charge in [0.15, 0.2) is 0 Å². The summed E-state index contributed by atoms with van der Waals surface area (Å²) in [6, 6.07) is 7.84. The first-order valence-corrected chi connectivity index (χ1v) is 8.03. The van der Waals surface area contributed by atoms with Crippen LogP contribution < -0.4 is 5.32 Å². The van der Waals surface area contributed by atoms with Crippen molar-refractivity contribution in [2.45, 2.75) is 0 Å². The Bertz CT molecular complexity index is 786. The quantitative estimate of drug-likeness (QED) is 0.736. The molecule has 7 heteroatoms. The molecule has 0 atom stereocenters. The highest BCUT2D eigenvalue weighted by atomic mass is 35.5. The average Bonchev–Trinajstić information content (AvgIpc) is 3.12. The van der Waals surface area contributed by atoms with Crippen LogP contribution in [0.1, 0.15) is 10.5 Å². The van der Waals surface area contributed by atoms with Crippen LogP contribution in [0.3, 0.4) is 0 Å². The first kappa shape index (κ1) is 14.2. The Morgan fingerprint density at radius 1 is 1.29 bits per heavy atom. The third-order valence-electron chi connectivity index (χ3n) is 2.65. The van der Waals surface area contributed by atoms with Crippen molar-refractivity contribution in [2.24, 2.45) is 0 Å². The summed E-state index contributed by atoms with van der Waals surface area (Å²) in [5.74, 6) is -1.00. The fourth-order valence-electron chi connectivity index (χ4n) is 1.67. The van der Waals surface area contributed by atoms with Crippen molar-refractivity contribution >= 4 is 45.9 Å². The van der Waals surface area contributed by atoms with Crippen LogP contribution in [0, 0.1) is 5.82 Å². The Labute approximate surface area is 133 Å². The number of nitrogens with one attached hydrogen (secondary N) is 1. The number of amides is 1. The minimum Gasteiger partial charge on any atom is -0.318 e. The normalized spacial score (nSPS) is 10.6. The predicted molar refractivity (Wildman–Crippen MR) is 84.8 cm³/mol. The van der Waals surface area contributed by atoms with Crippen LogP contribution in [0.15, 0.2) is 41.1 Å². The van der Waals surface area contributed by atoms with E-state index in [0.29, 0.717) is 5.02 Å². The second kappa shape index (κ2) is 5.93. The van der Waals surface area contributed by atoms with Gasteiger partial charge in [0.1, 0.15) is 16.5 Å². The highest BCUT2D eigenvalue weighted by Gasteiger charge is 2.14. The molecule has 0 spiro atoms. The van der Waals surface area contributed by atoms with E-state index in [1.54, 1.807) is 16.7 Å². The van der Waals surface area contributed by atoms with E-state index < -0.39 is 11.7 Å². The second-order valence-corrected chi connectivity index (χ2v) is 6.34. The molecule has 3 aromatic rings. The van der Waals surface area contributed by atoms with Crippen molar-refractivity contribution < 1.29 is 9.18 Å². The van der Waals surface area contributed by atoms with E-state index in [-0.39, 0.29) is 11.4 Å². The highest BCUT2D eigenvalue weighted by Crippen LogP contribution is 2.28. The van der Waals surface area contributed by atoms with Gasteiger partial charge >= 0.3 is 0 Å². The molecular weight excluding hydrogens is 331 g/mol. The van der Waals surface area contributed by atoms with E-state index in [0.717, 1.165) is 9.88 Å². The molecule has 3 nitrogen and oxygen atoms in total. The molecule has 0 saturated carbocycles. The minimum absolute atomic E-state index is 0.0400. The topological polar surface area (TPSA) is 42.0 Å². The maximum atomic E-state index is 13.6. The molecule has 0 fully saturated rings. The van der Waals surface area contributed by atoms with Crippen molar-refractivity contribution in [1.82, 2.24) is 4.98 Å². The summed E-state index contributed by atoms with van der Waals surface area (Å²) in [7, 11) is 0. The maximum Gasteiger partial charge on any atom is 0.275 e. The Balaban J connectivity index is 1.81. The molecule has 2 aromatic heterocycles. The number of nitrogens with zero attached hydrogens (tertiary/aromatic N) is 1. The summed E-state index contributed by atoms with van der Waals surface area (Å²) in [6.07, 6.45) is 0. The van der Waals surface area contributed by atoms with Crippen LogP contribution in [0.4, 0.5) is 10.1 Å². The van der Waals surface area contributed by atoms with Crippen LogP contribution in [0.2, 0.25) is 5.02 Å². The molecular formula is C14H8ClFN2OS2. The average molecular weight is 339 g/mol. The number of thiazole rings is 1. The number of thiophene rings is 1. The zero-order chi connectivity index (χ0) is 14.8. The van der Waals surface area contributed by atoms with Crippen LogP contribution in [0.25, 0.3) is 9.88 Å². The van der Waals surface area contributed by atoms with E-state index in [9.17, 15) is 9.18 Å². The number of hydrogen-bond donors (Lipinski definition) is 1. The molecule has 1 amide bonds. The van der Waals surface area contributed by atoms with Crippen molar-refractivity contribution in [1.29, 1.82) is 0 Å². The number of carbonyl (C=O) groups is 1. The molecule has 0 unspecified atom stereocenters. The van der Waals surface area contributed by atoms with Gasteiger partial charge in [-0.1, -0.05) is 17.7 Å². The summed E-state index contributed by atoms with van der Waals surface area (Å²) in [5.41, 5.74) is 0.293. The van der Waals surface area contributed by atoms with Crippen LogP contribution >= 0.6 is 34.3 Å². The molecule has 0 bridgehead atoms. The first-order chi connectivity index (χ1) is 10.1. The lowest BCUT2D eigenvalue weighted by atomic mass is 10.3. The van der Waals surface area contributed by atoms with Gasteiger partial charge in [0.05, 0.1) is 10.6 Å². The fraction of sp³-hybridized carbons (Fsp3) is 0. The van der Waals surface area contributed by atoms with Crippen LogP contribution in [-0.2, 0) is 0 Å². The van der Waals surface area contributed by atoms with Gasteiger partial charge in [-0.05, 0) is 29.6 Å². The molecule has 1 aromatic carbocycles. The monoisotopic (exact) mass is 338 g/mol. The number of aromatic nitrogens is 1. The zero-order valence-electron chi connectivity index (χ0n) is 10.5. The van der Waals surface area contributed by atoms with Gasteiger partial charge in [0.25, 0.3) is 5.91 Å². The molecule has 2 heterocycles. The molecule has 0 saturated heterocycles. The third kappa shape index (κ3) is 3.12. The SMILES string of the molecule is O=C(Nc1cc(Cl)ccc1F)c1csc(-c2cccs2)n1. The first-order valence-electron chi connectivity index (χ1n) is 5.89. The van der Waals surface area contributed by atoms with Gasteiger partial charge in [-0.2, -0.15) is 0 Å². The Hall–Kier alpha value is -1.76. The summed E-state index contributed by atoms with van der Waals surface area (Å²) in [4.78, 5) is 17.3. The number of hydrogen-bond acceptors (Lipinski definition) is 4. The third-order valence-corrected chi connectivity index (χ3v) is 4.76. The lowest BCUT2D eigenvalue weighted by molar-refractivity contribution is 0.102. The number of halogens is 2. The van der Waals surface area contributed by atoms with Crippen LogP contribution in [-0.4, -0.2) is 10.9 Å². The fourth-order valence-corrected chi connectivity index (χ4v) is 3.46. The Morgan fingerprint density at radius 2 is 2.14 bits per heavy atom. The second-order valence-electron chi connectivity index (χ2n) is 4.09. The lowest BCUT2D eigenvalue weighted by Crippen LogP contribution is -2.13. The zero-order valence-corrected chi connectivity index (χ0v) is 12.9.